The molecule has 6 heteroatoms. The highest BCUT2D eigenvalue weighted by molar-refractivity contribution is 6.03. The van der Waals surface area contributed by atoms with Crippen molar-refractivity contribution in [3.05, 3.63) is 54.0 Å². The van der Waals surface area contributed by atoms with E-state index in [2.05, 4.69) is 7.05 Å². The maximum Gasteiger partial charge on any atom is 0.298 e. The van der Waals surface area contributed by atoms with Gasteiger partial charge in [0.05, 0.1) is 32.2 Å². The van der Waals surface area contributed by atoms with E-state index >= 15 is 0 Å². The molecule has 1 unspecified atom stereocenters. The average Bonchev–Trinajstić information content (AvgIpc) is 3.44. The summed E-state index contributed by atoms with van der Waals surface area (Å²) >= 11 is 0. The van der Waals surface area contributed by atoms with E-state index in [9.17, 15) is 4.79 Å². The molecule has 1 N–H and O–H groups in total. The van der Waals surface area contributed by atoms with Gasteiger partial charge in [-0.05, 0) is 67.6 Å². The first-order valence-corrected chi connectivity index (χ1v) is 10.6. The van der Waals surface area contributed by atoms with Gasteiger partial charge < -0.3 is 14.1 Å². The quantitative estimate of drug-likeness (QED) is 0.817. The number of carbonyl (C=O) groups is 1. The predicted octanol–water partition coefficient (Wildman–Crippen LogP) is 2.81. The lowest BCUT2D eigenvalue weighted by atomic mass is 9.94. The van der Waals surface area contributed by atoms with Gasteiger partial charge in [0.2, 0.25) is 0 Å². The number of methoxy groups -OCH3 is 1. The van der Waals surface area contributed by atoms with Crippen LogP contribution in [0.3, 0.4) is 0 Å². The molecule has 1 aromatic heterocycles. The molecular formula is C23H30N3O3+. The minimum absolute atomic E-state index is 0.0537. The summed E-state index contributed by atoms with van der Waals surface area (Å²) in [5, 5.41) is 6.38. The number of benzene rings is 1. The molecule has 0 radical (unpaired) electrons. The third-order valence-electron chi connectivity index (χ3n) is 6.19. The van der Waals surface area contributed by atoms with Gasteiger partial charge in [-0.3, -0.25) is 4.79 Å². The van der Waals surface area contributed by atoms with Crippen molar-refractivity contribution in [3.63, 3.8) is 0 Å². The number of hydrazone groups is 1. The second-order valence-electron chi connectivity index (χ2n) is 8.11. The van der Waals surface area contributed by atoms with Crippen LogP contribution in [0.4, 0.5) is 0 Å². The molecule has 2 aliphatic rings. The third kappa shape index (κ3) is 4.37. The van der Waals surface area contributed by atoms with Gasteiger partial charge in [0.15, 0.2) is 6.54 Å². The van der Waals surface area contributed by atoms with Crippen molar-refractivity contribution in [2.45, 2.75) is 50.6 Å². The third-order valence-corrected chi connectivity index (χ3v) is 6.19. The van der Waals surface area contributed by atoms with Crippen LogP contribution in [0, 0.1) is 0 Å². The number of carbonyl (C=O) groups excluding carboxylic acids is 1. The molecule has 29 heavy (non-hydrogen) atoms. The maximum absolute atomic E-state index is 13.2. The van der Waals surface area contributed by atoms with Crippen LogP contribution >= 0.6 is 0 Å². The number of amides is 1. The van der Waals surface area contributed by atoms with Gasteiger partial charge >= 0.3 is 0 Å². The fourth-order valence-corrected chi connectivity index (χ4v) is 4.46. The molecule has 1 amide bonds. The fraction of sp³-hybridized carbons (Fsp3) is 0.478. The molecule has 1 fully saturated rings. The number of quaternary nitrogens is 1. The number of nitrogens with zero attached hydrogens (tertiary/aromatic N) is 2. The molecule has 4 rings (SSSR count). The molecule has 1 aliphatic heterocycles. The number of likely N-dealkylation sites (N-methyl/N-ethyl adjacent to an activating group) is 1. The Bertz CT molecular complexity index is 839. The highest BCUT2D eigenvalue weighted by Crippen LogP contribution is 2.33. The molecular weight excluding hydrogens is 366 g/mol. The van der Waals surface area contributed by atoms with Crippen molar-refractivity contribution in [1.82, 2.24) is 5.01 Å². The van der Waals surface area contributed by atoms with Gasteiger partial charge in [-0.25, -0.2) is 5.01 Å². The van der Waals surface area contributed by atoms with Gasteiger partial charge in [-0.15, -0.1) is 0 Å². The van der Waals surface area contributed by atoms with Crippen molar-refractivity contribution in [3.8, 4) is 5.75 Å². The SMILES string of the molecule is COc1ccc(C2=NN(C(=O)C[NH+](C)C3CCCCC3)[C@@H](c3ccco3)C2)cc1. The van der Waals surface area contributed by atoms with Crippen LogP contribution in [-0.2, 0) is 4.79 Å². The fourth-order valence-electron chi connectivity index (χ4n) is 4.46. The van der Waals surface area contributed by atoms with Crippen LogP contribution in [0.1, 0.15) is 55.9 Å². The number of furan rings is 1. The molecule has 6 nitrogen and oxygen atoms in total. The number of hydrogen-bond acceptors (Lipinski definition) is 4. The molecule has 154 valence electrons. The van der Waals surface area contributed by atoms with E-state index in [1.807, 2.05) is 36.4 Å². The molecule has 0 bridgehead atoms. The molecule has 0 spiro atoms. The maximum atomic E-state index is 13.2. The molecule has 0 saturated heterocycles. The van der Waals surface area contributed by atoms with Gasteiger partial charge in [0.1, 0.15) is 17.6 Å². The average molecular weight is 397 g/mol. The van der Waals surface area contributed by atoms with Crippen molar-refractivity contribution < 1.29 is 18.8 Å². The monoisotopic (exact) mass is 396 g/mol. The molecule has 1 aromatic carbocycles. The topological polar surface area (TPSA) is 59.5 Å². The van der Waals surface area contributed by atoms with E-state index in [1.54, 1.807) is 18.4 Å². The zero-order valence-electron chi connectivity index (χ0n) is 17.3. The summed E-state index contributed by atoms with van der Waals surface area (Å²) < 4.78 is 10.9. The number of ether oxygens (including phenoxy) is 1. The first-order valence-electron chi connectivity index (χ1n) is 10.6. The molecule has 2 atom stereocenters. The van der Waals surface area contributed by atoms with Crippen molar-refractivity contribution in [2.75, 3.05) is 20.7 Å². The summed E-state index contributed by atoms with van der Waals surface area (Å²) in [6, 6.07) is 12.0. The van der Waals surface area contributed by atoms with Crippen LogP contribution in [0.25, 0.3) is 0 Å². The summed E-state index contributed by atoms with van der Waals surface area (Å²) in [6.07, 6.45) is 8.59. The summed E-state index contributed by atoms with van der Waals surface area (Å²) in [6.45, 7) is 0.460. The second kappa shape index (κ2) is 8.82. The Hall–Kier alpha value is -2.60. The first-order chi connectivity index (χ1) is 14.2. The first kappa shape index (κ1) is 19.7. The Labute approximate surface area is 172 Å². The van der Waals surface area contributed by atoms with Gasteiger partial charge in [-0.2, -0.15) is 5.10 Å². The molecule has 1 saturated carbocycles. The lowest BCUT2D eigenvalue weighted by molar-refractivity contribution is -0.899. The zero-order valence-corrected chi connectivity index (χ0v) is 17.3. The van der Waals surface area contributed by atoms with Gasteiger partial charge in [0.25, 0.3) is 5.91 Å². The Kier molecular flexibility index (Phi) is 6.00. The Morgan fingerprint density at radius 1 is 1.21 bits per heavy atom. The smallest absolute Gasteiger partial charge is 0.298 e. The molecule has 2 aromatic rings. The van der Waals surface area contributed by atoms with Crippen molar-refractivity contribution >= 4 is 11.6 Å². The number of nitrogens with one attached hydrogen (secondary N) is 1. The highest BCUT2D eigenvalue weighted by Gasteiger charge is 2.36. The van der Waals surface area contributed by atoms with Crippen LogP contribution in [0.2, 0.25) is 0 Å². The zero-order chi connectivity index (χ0) is 20.2. The Morgan fingerprint density at radius 2 is 1.97 bits per heavy atom. The van der Waals surface area contributed by atoms with Crippen LogP contribution in [-0.4, -0.2) is 43.4 Å². The Morgan fingerprint density at radius 3 is 2.62 bits per heavy atom. The lowest BCUT2D eigenvalue weighted by Gasteiger charge is -2.29. The minimum Gasteiger partial charge on any atom is -0.497 e. The van der Waals surface area contributed by atoms with Crippen molar-refractivity contribution in [2.24, 2.45) is 5.10 Å². The van der Waals surface area contributed by atoms with Gasteiger partial charge in [-0.1, -0.05) is 6.42 Å². The van der Waals surface area contributed by atoms with E-state index in [1.165, 1.54) is 37.0 Å². The lowest BCUT2D eigenvalue weighted by Crippen LogP contribution is -3.14. The van der Waals surface area contributed by atoms with Crippen LogP contribution in [0.5, 0.6) is 5.75 Å². The van der Waals surface area contributed by atoms with E-state index < -0.39 is 0 Å². The summed E-state index contributed by atoms with van der Waals surface area (Å²) in [4.78, 5) is 14.5. The largest absolute Gasteiger partial charge is 0.497 e. The van der Waals surface area contributed by atoms with Gasteiger partial charge in [0, 0.05) is 6.42 Å². The molecule has 1 aliphatic carbocycles. The summed E-state index contributed by atoms with van der Waals surface area (Å²) in [5.41, 5.74) is 1.91. The van der Waals surface area contributed by atoms with Crippen molar-refractivity contribution in [1.29, 1.82) is 0 Å². The van der Waals surface area contributed by atoms with E-state index in [0.717, 1.165) is 22.8 Å². The van der Waals surface area contributed by atoms with E-state index in [-0.39, 0.29) is 11.9 Å². The van der Waals surface area contributed by atoms with Crippen LogP contribution < -0.4 is 9.64 Å². The van der Waals surface area contributed by atoms with Crippen LogP contribution in [0.15, 0.2) is 52.2 Å². The summed E-state index contributed by atoms with van der Waals surface area (Å²) in [7, 11) is 3.79. The second-order valence-corrected chi connectivity index (χ2v) is 8.11. The predicted molar refractivity (Wildman–Crippen MR) is 111 cm³/mol. The highest BCUT2D eigenvalue weighted by atomic mass is 16.5. The number of hydrogen-bond donors (Lipinski definition) is 1. The van der Waals surface area contributed by atoms with E-state index in [4.69, 9.17) is 14.3 Å². The summed E-state index contributed by atoms with van der Waals surface area (Å²) in [5.74, 6) is 1.64. The molecule has 2 heterocycles. The minimum atomic E-state index is -0.186. The normalized spacial score (nSPS) is 21.1. The standard InChI is InChI=1S/C23H29N3O3/c1-25(18-7-4-3-5-8-18)16-23(27)26-21(22-9-6-14-29-22)15-20(24-26)17-10-12-19(28-2)13-11-17/h6,9-14,18,21H,3-5,7-8,15-16H2,1-2H3/p+1/t21-/m1/s1. The van der Waals surface area contributed by atoms with E-state index in [0.29, 0.717) is 19.0 Å². The Balaban J connectivity index is 1.53. The number of rotatable bonds is 6.